The zero-order chi connectivity index (χ0) is 24.5. The van der Waals surface area contributed by atoms with Gasteiger partial charge in [0.15, 0.2) is 0 Å². The van der Waals surface area contributed by atoms with E-state index in [0.717, 1.165) is 80.9 Å². The van der Waals surface area contributed by atoms with Gasteiger partial charge in [0.2, 0.25) is 0 Å². The van der Waals surface area contributed by atoms with E-state index in [4.69, 9.17) is 22.0 Å². The number of nitrogens with zero attached hydrogens (tertiary/aromatic N) is 8. The van der Waals surface area contributed by atoms with Crippen LogP contribution in [0.2, 0.25) is 0 Å². The van der Waals surface area contributed by atoms with E-state index in [0.29, 0.717) is 17.0 Å². The lowest BCUT2D eigenvalue weighted by Gasteiger charge is -2.59. The Morgan fingerprint density at radius 1 is 1.14 bits per heavy atom. The molecule has 5 aliphatic rings. The van der Waals surface area contributed by atoms with E-state index in [-0.39, 0.29) is 17.4 Å². The highest BCUT2D eigenvalue weighted by Gasteiger charge is 2.55. The molecule has 7 rings (SSSR count). The molecule has 0 radical (unpaired) electrons. The Morgan fingerprint density at radius 2 is 1.97 bits per heavy atom. The van der Waals surface area contributed by atoms with Crippen molar-refractivity contribution in [1.82, 2.24) is 24.6 Å². The van der Waals surface area contributed by atoms with Crippen LogP contribution in [-0.2, 0) is 6.54 Å². The molecule has 2 saturated carbocycles. The third kappa shape index (κ3) is 3.55. The number of allylic oxidation sites excluding steroid dienone is 3. The standard InChI is InChI=1S/C27H27ClN8/c28-20-4-5-22-18(8-20)12-34(15-26(14-30)6-7-26)13-24-32-33-25(36(22)24)19-9-27(10-19)16-35(17-27)23-3-1-2-21(11-29)31-23/h1-5,8,18-19,22H,6-7,9-10,12-13,15-17H2. The highest BCUT2D eigenvalue weighted by atomic mass is 35.5. The molecule has 36 heavy (non-hydrogen) atoms. The molecule has 2 aromatic rings. The Balaban J connectivity index is 1.10. The maximum Gasteiger partial charge on any atom is 0.147 e. The quantitative estimate of drug-likeness (QED) is 0.630. The van der Waals surface area contributed by atoms with Gasteiger partial charge in [-0.15, -0.1) is 10.2 Å². The summed E-state index contributed by atoms with van der Waals surface area (Å²) in [4.78, 5) is 9.12. The number of fused-ring (bicyclic) bond motifs is 3. The second-order valence-corrected chi connectivity index (χ2v) is 11.9. The molecule has 2 atom stereocenters. The third-order valence-electron chi connectivity index (χ3n) is 8.76. The van der Waals surface area contributed by atoms with E-state index in [9.17, 15) is 5.26 Å². The molecule has 3 aliphatic carbocycles. The van der Waals surface area contributed by atoms with Crippen molar-refractivity contribution in [3.8, 4) is 12.1 Å². The molecule has 0 aromatic carbocycles. The fourth-order valence-electron chi connectivity index (χ4n) is 6.76. The summed E-state index contributed by atoms with van der Waals surface area (Å²) in [6, 6.07) is 10.5. The third-order valence-corrected chi connectivity index (χ3v) is 9.01. The maximum atomic E-state index is 9.66. The minimum atomic E-state index is -0.191. The second-order valence-electron chi connectivity index (χ2n) is 11.4. The average Bonchev–Trinajstić information content (AvgIpc) is 3.52. The van der Waals surface area contributed by atoms with Crippen molar-refractivity contribution in [2.24, 2.45) is 16.7 Å². The fourth-order valence-corrected chi connectivity index (χ4v) is 6.99. The molecule has 3 fully saturated rings. The molecule has 8 nitrogen and oxygen atoms in total. The smallest absolute Gasteiger partial charge is 0.147 e. The maximum absolute atomic E-state index is 9.66. The summed E-state index contributed by atoms with van der Waals surface area (Å²) in [7, 11) is 0. The van der Waals surface area contributed by atoms with E-state index in [1.165, 1.54) is 0 Å². The number of hydrogen-bond donors (Lipinski definition) is 0. The van der Waals surface area contributed by atoms with Gasteiger partial charge in [0.1, 0.15) is 29.2 Å². The van der Waals surface area contributed by atoms with E-state index in [1.54, 1.807) is 6.07 Å². The molecule has 182 valence electrons. The number of hydrogen-bond acceptors (Lipinski definition) is 7. The molecule has 2 aromatic heterocycles. The molecule has 2 unspecified atom stereocenters. The van der Waals surface area contributed by atoms with Crippen LogP contribution in [0.5, 0.6) is 0 Å². The number of halogens is 1. The van der Waals surface area contributed by atoms with Crippen LogP contribution in [0.15, 0.2) is 41.5 Å². The van der Waals surface area contributed by atoms with Crippen LogP contribution in [0.4, 0.5) is 5.82 Å². The van der Waals surface area contributed by atoms with Gasteiger partial charge in [-0.25, -0.2) is 4.98 Å². The van der Waals surface area contributed by atoms with Crippen LogP contribution in [0.3, 0.4) is 0 Å². The predicted molar refractivity (Wildman–Crippen MR) is 134 cm³/mol. The molecule has 0 bridgehead atoms. The molecule has 2 aliphatic heterocycles. The summed E-state index contributed by atoms with van der Waals surface area (Å²) >= 11 is 6.43. The monoisotopic (exact) mass is 498 g/mol. The van der Waals surface area contributed by atoms with Crippen molar-refractivity contribution in [3.63, 3.8) is 0 Å². The lowest BCUT2D eigenvalue weighted by atomic mass is 9.57. The Morgan fingerprint density at radius 3 is 2.72 bits per heavy atom. The number of nitriles is 2. The van der Waals surface area contributed by atoms with Gasteiger partial charge in [-0.3, -0.25) is 4.90 Å². The van der Waals surface area contributed by atoms with Gasteiger partial charge >= 0.3 is 0 Å². The molecule has 4 heterocycles. The van der Waals surface area contributed by atoms with Gasteiger partial charge in [0, 0.05) is 48.5 Å². The van der Waals surface area contributed by atoms with Crippen LogP contribution < -0.4 is 4.90 Å². The number of pyridine rings is 1. The summed E-state index contributed by atoms with van der Waals surface area (Å²) in [5, 5.41) is 29.0. The molecular weight excluding hydrogens is 472 g/mol. The summed E-state index contributed by atoms with van der Waals surface area (Å²) < 4.78 is 2.37. The SMILES string of the molecule is N#Cc1cccc(N2CC3(CC(c4nnc5n4C4C=CC(Cl)=CC4CN(CC4(C#N)CC4)C5)C3)C2)n1. The summed E-state index contributed by atoms with van der Waals surface area (Å²) in [6.07, 6.45) is 10.5. The second kappa shape index (κ2) is 7.90. The Labute approximate surface area is 215 Å². The minimum Gasteiger partial charge on any atom is -0.355 e. The first-order valence-electron chi connectivity index (χ1n) is 12.7. The fraction of sp³-hybridized carbons (Fsp3) is 0.519. The number of anilines is 1. The van der Waals surface area contributed by atoms with Crippen molar-refractivity contribution >= 4 is 17.4 Å². The molecule has 0 N–H and O–H groups in total. The van der Waals surface area contributed by atoms with Crippen LogP contribution in [0, 0.1) is 39.4 Å². The van der Waals surface area contributed by atoms with Gasteiger partial charge < -0.3 is 9.47 Å². The van der Waals surface area contributed by atoms with Gasteiger partial charge in [-0.05, 0) is 43.9 Å². The Hall–Kier alpha value is -3.20. The van der Waals surface area contributed by atoms with Crippen molar-refractivity contribution < 1.29 is 0 Å². The van der Waals surface area contributed by atoms with Crippen LogP contribution in [0.25, 0.3) is 0 Å². The van der Waals surface area contributed by atoms with Gasteiger partial charge in [0.05, 0.1) is 24.1 Å². The summed E-state index contributed by atoms with van der Waals surface area (Å²) in [5.41, 5.74) is 0.574. The van der Waals surface area contributed by atoms with E-state index in [1.807, 2.05) is 18.2 Å². The van der Waals surface area contributed by atoms with Gasteiger partial charge in [-0.1, -0.05) is 29.8 Å². The lowest BCUT2D eigenvalue weighted by Crippen LogP contribution is -2.62. The predicted octanol–water partition coefficient (Wildman–Crippen LogP) is 3.90. The summed E-state index contributed by atoms with van der Waals surface area (Å²) in [5.74, 6) is 3.61. The molecule has 1 saturated heterocycles. The summed E-state index contributed by atoms with van der Waals surface area (Å²) in [6.45, 7) is 4.32. The van der Waals surface area contributed by atoms with E-state index < -0.39 is 0 Å². The molecule has 0 amide bonds. The van der Waals surface area contributed by atoms with Crippen LogP contribution >= 0.6 is 11.6 Å². The average molecular weight is 499 g/mol. The van der Waals surface area contributed by atoms with Gasteiger partial charge in [0.25, 0.3) is 0 Å². The van der Waals surface area contributed by atoms with E-state index in [2.05, 4.69) is 48.7 Å². The zero-order valence-electron chi connectivity index (χ0n) is 20.0. The highest BCUT2D eigenvalue weighted by molar-refractivity contribution is 6.31. The Kier molecular flexibility index (Phi) is 4.83. The molecule has 1 spiro atoms. The van der Waals surface area contributed by atoms with Crippen molar-refractivity contribution in [2.45, 2.75) is 44.2 Å². The topological polar surface area (TPSA) is 97.7 Å². The normalized spacial score (nSPS) is 27.5. The van der Waals surface area contributed by atoms with E-state index >= 15 is 0 Å². The highest BCUT2D eigenvalue weighted by Crippen LogP contribution is 2.57. The zero-order valence-corrected chi connectivity index (χ0v) is 20.8. The van der Waals surface area contributed by atoms with Crippen molar-refractivity contribution in [1.29, 1.82) is 10.5 Å². The first kappa shape index (κ1) is 22.0. The lowest BCUT2D eigenvalue weighted by molar-refractivity contribution is 0.0565. The van der Waals surface area contributed by atoms with Crippen molar-refractivity contribution in [3.05, 3.63) is 58.8 Å². The minimum absolute atomic E-state index is 0.155. The van der Waals surface area contributed by atoms with Crippen molar-refractivity contribution in [2.75, 3.05) is 31.1 Å². The molecule has 9 heteroatoms. The van der Waals surface area contributed by atoms with Gasteiger partial charge in [-0.2, -0.15) is 10.5 Å². The van der Waals surface area contributed by atoms with Crippen LogP contribution in [0.1, 0.15) is 55.0 Å². The largest absolute Gasteiger partial charge is 0.355 e. The molecular formula is C27H27ClN8. The first-order chi connectivity index (χ1) is 17.5. The van der Waals surface area contributed by atoms with Crippen LogP contribution in [-0.4, -0.2) is 50.8 Å². The number of rotatable bonds is 4. The first-order valence-corrected chi connectivity index (χ1v) is 13.1. The Bertz CT molecular complexity index is 1360. The number of aromatic nitrogens is 4.